The van der Waals surface area contributed by atoms with Crippen LogP contribution in [0.3, 0.4) is 0 Å². The maximum absolute atomic E-state index is 12.9. The highest BCUT2D eigenvalue weighted by atomic mass is 16.7. The van der Waals surface area contributed by atoms with E-state index in [9.17, 15) is 9.90 Å². The van der Waals surface area contributed by atoms with Gasteiger partial charge in [0.1, 0.15) is 0 Å². The molecule has 4 aliphatic rings. The van der Waals surface area contributed by atoms with Crippen molar-refractivity contribution in [2.24, 2.45) is 22.7 Å². The summed E-state index contributed by atoms with van der Waals surface area (Å²) in [7, 11) is 0. The topological polar surface area (TPSA) is 55.8 Å². The fourth-order valence-corrected chi connectivity index (χ4v) is 7.58. The average Bonchev–Trinajstić information content (AvgIpc) is 3.12. The summed E-state index contributed by atoms with van der Waals surface area (Å²) >= 11 is 0. The molecule has 1 N–H and O–H groups in total. The van der Waals surface area contributed by atoms with Gasteiger partial charge in [0.2, 0.25) is 6.29 Å². The second-order valence-electron chi connectivity index (χ2n) is 11.1. The minimum absolute atomic E-state index is 0.0218. The van der Waals surface area contributed by atoms with E-state index in [2.05, 4.69) is 26.0 Å². The lowest BCUT2D eigenvalue weighted by Gasteiger charge is -2.70. The third-order valence-corrected chi connectivity index (χ3v) is 9.06. The predicted molar refractivity (Wildman–Crippen MR) is 115 cm³/mol. The number of carbonyl (C=O) groups is 1. The Morgan fingerprint density at radius 1 is 1.13 bits per heavy atom. The maximum Gasteiger partial charge on any atom is 0.312 e. The largest absolute Gasteiger partial charge is 0.435 e. The summed E-state index contributed by atoms with van der Waals surface area (Å²) in [5, 5.41) is 11.2. The lowest BCUT2D eigenvalue weighted by molar-refractivity contribution is -0.293. The first-order valence-corrected chi connectivity index (χ1v) is 11.9. The molecular weight excluding hydrogens is 376 g/mol. The van der Waals surface area contributed by atoms with Gasteiger partial charge in [0.05, 0.1) is 18.1 Å². The second kappa shape index (κ2) is 6.80. The van der Waals surface area contributed by atoms with Gasteiger partial charge in [0.15, 0.2) is 0 Å². The Bertz CT molecular complexity index is 832. The molecule has 4 nitrogen and oxygen atoms in total. The highest BCUT2D eigenvalue weighted by molar-refractivity contribution is 5.72. The monoisotopic (exact) mass is 412 g/mol. The third kappa shape index (κ3) is 2.75. The molecule has 0 amide bonds. The molecule has 164 valence electrons. The van der Waals surface area contributed by atoms with E-state index in [0.717, 1.165) is 37.7 Å². The lowest BCUT2D eigenvalue weighted by atomic mass is 9.36. The number of esters is 1. The van der Waals surface area contributed by atoms with Gasteiger partial charge in [-0.25, -0.2) is 0 Å². The van der Waals surface area contributed by atoms with Gasteiger partial charge in [0.25, 0.3) is 0 Å². The van der Waals surface area contributed by atoms with Crippen LogP contribution in [0, 0.1) is 22.7 Å². The molecule has 1 aromatic carbocycles. The first-order valence-electron chi connectivity index (χ1n) is 11.9. The lowest BCUT2D eigenvalue weighted by Crippen LogP contribution is -2.71. The van der Waals surface area contributed by atoms with E-state index in [0.29, 0.717) is 17.8 Å². The molecule has 0 radical (unpaired) electrons. The van der Waals surface area contributed by atoms with Gasteiger partial charge in [0, 0.05) is 10.8 Å². The molecule has 5 rings (SSSR count). The summed E-state index contributed by atoms with van der Waals surface area (Å²) in [5.74, 6) is 1.56. The molecule has 4 saturated carbocycles. The summed E-state index contributed by atoms with van der Waals surface area (Å²) in [6.45, 7) is 8.40. The first-order chi connectivity index (χ1) is 14.2. The van der Waals surface area contributed by atoms with E-state index in [1.54, 1.807) is 0 Å². The number of fused-ring (bicyclic) bond motifs is 1. The molecular formula is C26H36O4. The van der Waals surface area contributed by atoms with Crippen LogP contribution >= 0.6 is 0 Å². The highest BCUT2D eigenvalue weighted by Crippen LogP contribution is 2.86. The van der Waals surface area contributed by atoms with E-state index < -0.39 is 11.9 Å². The van der Waals surface area contributed by atoms with Crippen LogP contribution in [0.5, 0.6) is 0 Å². The summed E-state index contributed by atoms with van der Waals surface area (Å²) in [4.78, 5) is 12.9. The van der Waals surface area contributed by atoms with Crippen LogP contribution in [-0.4, -0.2) is 29.1 Å². The first kappa shape index (κ1) is 20.5. The number of ether oxygens (including phenoxy) is 2. The number of aliphatic hydroxyl groups is 1. The number of benzene rings is 1. The molecule has 2 bridgehead atoms. The number of rotatable bonds is 8. The minimum Gasteiger partial charge on any atom is -0.435 e. The Morgan fingerprint density at radius 3 is 2.40 bits per heavy atom. The van der Waals surface area contributed by atoms with Crippen molar-refractivity contribution in [3.8, 4) is 0 Å². The molecule has 30 heavy (non-hydrogen) atoms. The normalized spacial score (nSPS) is 39.8. The number of carbonyl (C=O) groups excluding carboxylic acids is 1. The van der Waals surface area contributed by atoms with Crippen molar-refractivity contribution in [1.82, 2.24) is 0 Å². The van der Waals surface area contributed by atoms with Crippen molar-refractivity contribution in [3.63, 3.8) is 0 Å². The third-order valence-electron chi connectivity index (χ3n) is 9.06. The van der Waals surface area contributed by atoms with Crippen LogP contribution in [0.15, 0.2) is 24.3 Å². The molecule has 4 aliphatic carbocycles. The SMILES string of the molecule is CCC(C)c1ccc(CC(=O)OC(OC(C)C)C23CC4CC5CC(O)(C2)C45C3)cc1. The van der Waals surface area contributed by atoms with Crippen LogP contribution in [0.25, 0.3) is 0 Å². The van der Waals surface area contributed by atoms with E-state index in [1.165, 1.54) is 12.0 Å². The van der Waals surface area contributed by atoms with Gasteiger partial charge in [-0.3, -0.25) is 4.79 Å². The molecule has 0 aromatic heterocycles. The van der Waals surface area contributed by atoms with E-state index in [4.69, 9.17) is 9.47 Å². The van der Waals surface area contributed by atoms with Crippen molar-refractivity contribution < 1.29 is 19.4 Å². The van der Waals surface area contributed by atoms with Gasteiger partial charge < -0.3 is 14.6 Å². The summed E-state index contributed by atoms with van der Waals surface area (Å²) < 4.78 is 12.2. The predicted octanol–water partition coefficient (Wildman–Crippen LogP) is 4.98. The van der Waals surface area contributed by atoms with E-state index >= 15 is 0 Å². The number of hydrogen-bond donors (Lipinski definition) is 1. The zero-order valence-electron chi connectivity index (χ0n) is 18.8. The van der Waals surface area contributed by atoms with Crippen LogP contribution in [-0.2, 0) is 20.7 Å². The Morgan fingerprint density at radius 2 is 1.83 bits per heavy atom. The van der Waals surface area contributed by atoms with Gasteiger partial charge in [-0.15, -0.1) is 0 Å². The second-order valence-corrected chi connectivity index (χ2v) is 11.1. The van der Waals surface area contributed by atoms with E-state index in [1.807, 2.05) is 26.0 Å². The van der Waals surface area contributed by atoms with Gasteiger partial charge in [-0.05, 0) is 81.3 Å². The molecule has 7 unspecified atom stereocenters. The Balaban J connectivity index is 1.29. The summed E-state index contributed by atoms with van der Waals surface area (Å²) in [6.07, 6.45) is 5.65. The summed E-state index contributed by atoms with van der Waals surface area (Å²) in [6, 6.07) is 8.32. The Labute approximate surface area is 180 Å². The average molecular weight is 413 g/mol. The molecule has 4 fully saturated rings. The van der Waals surface area contributed by atoms with Gasteiger partial charge in [-0.2, -0.15) is 0 Å². The smallest absolute Gasteiger partial charge is 0.312 e. The Kier molecular flexibility index (Phi) is 4.65. The molecule has 0 saturated heterocycles. The fourth-order valence-electron chi connectivity index (χ4n) is 7.58. The van der Waals surface area contributed by atoms with Crippen LogP contribution in [0.4, 0.5) is 0 Å². The molecule has 7 atom stereocenters. The standard InChI is InChI=1S/C26H36O4/c1-5-17(4)19-8-6-18(7-9-19)10-22(27)30-23(29-16(2)3)24-12-20-11-21-13-25(28,14-24)26(20,21)15-24/h6-9,16-17,20-21,23,28H,5,10-15H2,1-4H3. The molecule has 1 aromatic rings. The van der Waals surface area contributed by atoms with Gasteiger partial charge >= 0.3 is 5.97 Å². The van der Waals surface area contributed by atoms with E-state index in [-0.39, 0.29) is 29.3 Å². The quantitative estimate of drug-likeness (QED) is 0.483. The van der Waals surface area contributed by atoms with Gasteiger partial charge in [-0.1, -0.05) is 38.1 Å². The minimum atomic E-state index is -0.556. The zero-order chi connectivity index (χ0) is 21.3. The fraction of sp³-hybridized carbons (Fsp3) is 0.731. The Hall–Kier alpha value is -1.39. The maximum atomic E-state index is 12.9. The summed E-state index contributed by atoms with van der Waals surface area (Å²) in [5.41, 5.74) is 1.62. The molecule has 1 spiro atoms. The highest BCUT2D eigenvalue weighted by Gasteiger charge is 2.85. The van der Waals surface area contributed by atoms with Crippen molar-refractivity contribution in [2.45, 2.75) is 96.6 Å². The van der Waals surface area contributed by atoms with Crippen LogP contribution in [0.1, 0.15) is 83.3 Å². The van der Waals surface area contributed by atoms with Crippen molar-refractivity contribution in [1.29, 1.82) is 0 Å². The molecule has 0 heterocycles. The molecule has 0 aliphatic heterocycles. The zero-order valence-corrected chi connectivity index (χ0v) is 18.8. The van der Waals surface area contributed by atoms with Crippen LogP contribution < -0.4 is 0 Å². The number of hydrogen-bond acceptors (Lipinski definition) is 4. The van der Waals surface area contributed by atoms with Crippen molar-refractivity contribution >= 4 is 5.97 Å². The van der Waals surface area contributed by atoms with Crippen molar-refractivity contribution in [3.05, 3.63) is 35.4 Å². The molecule has 4 heteroatoms. The van der Waals surface area contributed by atoms with Crippen LogP contribution in [0.2, 0.25) is 0 Å². The van der Waals surface area contributed by atoms with Crippen molar-refractivity contribution in [2.75, 3.05) is 0 Å².